The summed E-state index contributed by atoms with van der Waals surface area (Å²) in [7, 11) is -1.26. The first-order valence-electron chi connectivity index (χ1n) is 7.12. The van der Waals surface area contributed by atoms with E-state index in [2.05, 4.69) is 9.97 Å². The molecule has 1 aliphatic rings. The molecule has 1 aliphatic heterocycles. The molecule has 2 aromatic rings. The maximum atomic E-state index is 11.8. The van der Waals surface area contributed by atoms with Gasteiger partial charge < -0.3 is 9.30 Å². The number of fused-ring (bicyclic) bond motifs is 1. The molecule has 0 aliphatic carbocycles. The average Bonchev–Trinajstić information content (AvgIpc) is 2.98. The van der Waals surface area contributed by atoms with Crippen LogP contribution in [0, 0.1) is 0 Å². The van der Waals surface area contributed by atoms with Crippen molar-refractivity contribution in [3.8, 4) is 0 Å². The molecule has 0 N–H and O–H groups in total. The van der Waals surface area contributed by atoms with Crippen molar-refractivity contribution in [3.63, 3.8) is 0 Å². The van der Waals surface area contributed by atoms with Crippen LogP contribution in [-0.2, 0) is 21.0 Å². The fourth-order valence-electron chi connectivity index (χ4n) is 2.89. The smallest absolute Gasteiger partial charge is 0.160 e. The average molecular weight is 309 g/mol. The summed E-state index contributed by atoms with van der Waals surface area (Å²) in [5, 5.41) is 0. The molecule has 0 radical (unpaired) electrons. The van der Waals surface area contributed by atoms with Crippen molar-refractivity contribution in [1.29, 1.82) is 0 Å². The number of rotatable bonds is 5. The normalized spacial score (nSPS) is 21.1. The Balaban J connectivity index is 1.99. The molecule has 1 fully saturated rings. The molecule has 3 rings (SSSR count). The van der Waals surface area contributed by atoms with Crippen molar-refractivity contribution < 1.29 is 13.2 Å². The van der Waals surface area contributed by atoms with Gasteiger partial charge in [0.15, 0.2) is 15.5 Å². The van der Waals surface area contributed by atoms with Crippen molar-refractivity contribution in [1.82, 2.24) is 14.5 Å². The zero-order chi connectivity index (χ0) is 14.9. The minimum Gasteiger partial charge on any atom is -0.385 e. The maximum absolute atomic E-state index is 11.8. The molecule has 3 heterocycles. The van der Waals surface area contributed by atoms with E-state index in [1.807, 2.05) is 16.7 Å². The Morgan fingerprint density at radius 3 is 3.05 bits per heavy atom. The van der Waals surface area contributed by atoms with Crippen LogP contribution in [0.4, 0.5) is 0 Å². The molecule has 0 bridgehead atoms. The number of sulfone groups is 1. The van der Waals surface area contributed by atoms with Crippen molar-refractivity contribution >= 4 is 21.0 Å². The molecule has 7 heteroatoms. The Bertz CT molecular complexity index is 739. The number of hydrogen-bond donors (Lipinski definition) is 0. The molecule has 0 aromatic carbocycles. The van der Waals surface area contributed by atoms with Crippen LogP contribution in [0.2, 0.25) is 0 Å². The number of pyridine rings is 1. The van der Waals surface area contributed by atoms with Gasteiger partial charge >= 0.3 is 0 Å². The van der Waals surface area contributed by atoms with E-state index in [4.69, 9.17) is 4.74 Å². The molecule has 1 unspecified atom stereocenters. The minimum atomic E-state index is -2.93. The summed E-state index contributed by atoms with van der Waals surface area (Å²) in [5.74, 6) is 1.34. The quantitative estimate of drug-likeness (QED) is 0.780. The molecule has 2 aromatic heterocycles. The first-order valence-corrected chi connectivity index (χ1v) is 8.94. The molecule has 0 saturated carbocycles. The van der Waals surface area contributed by atoms with Crippen LogP contribution in [0.1, 0.15) is 24.7 Å². The van der Waals surface area contributed by atoms with Gasteiger partial charge in [-0.2, -0.15) is 0 Å². The summed E-state index contributed by atoms with van der Waals surface area (Å²) in [6, 6.07) is 3.72. The Kier molecular flexibility index (Phi) is 3.95. The summed E-state index contributed by atoms with van der Waals surface area (Å²) in [4.78, 5) is 9.02. The van der Waals surface area contributed by atoms with Crippen molar-refractivity contribution in [2.45, 2.75) is 25.3 Å². The second kappa shape index (κ2) is 5.73. The van der Waals surface area contributed by atoms with Gasteiger partial charge in [-0.3, -0.25) is 0 Å². The molecule has 0 amide bonds. The number of aromatic nitrogens is 3. The van der Waals surface area contributed by atoms with Crippen LogP contribution in [0.25, 0.3) is 11.2 Å². The lowest BCUT2D eigenvalue weighted by molar-refractivity contribution is 0.194. The summed E-state index contributed by atoms with van der Waals surface area (Å²) < 4.78 is 30.7. The SMILES string of the molecule is COCCCc1nc2cccnc2n1C1CCS(=O)(=O)C1. The van der Waals surface area contributed by atoms with Gasteiger partial charge in [0.1, 0.15) is 11.3 Å². The monoisotopic (exact) mass is 309 g/mol. The first-order chi connectivity index (χ1) is 10.1. The zero-order valence-electron chi connectivity index (χ0n) is 12.0. The van der Waals surface area contributed by atoms with E-state index in [0.717, 1.165) is 29.8 Å². The number of ether oxygens (including phenoxy) is 1. The highest BCUT2D eigenvalue weighted by Crippen LogP contribution is 2.29. The fraction of sp³-hybridized carbons (Fsp3) is 0.571. The summed E-state index contributed by atoms with van der Waals surface area (Å²) in [6.45, 7) is 0.666. The summed E-state index contributed by atoms with van der Waals surface area (Å²) >= 11 is 0. The topological polar surface area (TPSA) is 74.1 Å². The van der Waals surface area contributed by atoms with Crippen LogP contribution < -0.4 is 0 Å². The number of imidazole rings is 1. The van der Waals surface area contributed by atoms with Crippen LogP contribution in [0.5, 0.6) is 0 Å². The van der Waals surface area contributed by atoms with Crippen molar-refractivity contribution in [2.75, 3.05) is 25.2 Å². The number of nitrogens with zero attached hydrogens (tertiary/aromatic N) is 3. The highest BCUT2D eigenvalue weighted by atomic mass is 32.2. The minimum absolute atomic E-state index is 0.0487. The van der Waals surface area contributed by atoms with Crippen LogP contribution in [0.15, 0.2) is 18.3 Å². The van der Waals surface area contributed by atoms with Gasteiger partial charge in [0, 0.05) is 26.3 Å². The second-order valence-electron chi connectivity index (χ2n) is 5.40. The van der Waals surface area contributed by atoms with Gasteiger partial charge in [0.25, 0.3) is 0 Å². The molecular formula is C14H19N3O3S. The van der Waals surface area contributed by atoms with Crippen LogP contribution in [0.3, 0.4) is 0 Å². The molecule has 0 spiro atoms. The van der Waals surface area contributed by atoms with Gasteiger partial charge in [0.2, 0.25) is 0 Å². The van der Waals surface area contributed by atoms with Gasteiger partial charge in [-0.25, -0.2) is 18.4 Å². The van der Waals surface area contributed by atoms with Crippen LogP contribution in [-0.4, -0.2) is 48.2 Å². The highest BCUT2D eigenvalue weighted by molar-refractivity contribution is 7.91. The third kappa shape index (κ3) is 2.94. The van der Waals surface area contributed by atoms with Gasteiger partial charge in [-0.15, -0.1) is 0 Å². The lowest BCUT2D eigenvalue weighted by Crippen LogP contribution is -2.15. The third-order valence-electron chi connectivity index (χ3n) is 3.84. The Morgan fingerprint density at radius 2 is 2.33 bits per heavy atom. The molecule has 1 atom stereocenters. The standard InChI is InChI=1S/C14H19N3O3S/c1-20-8-3-5-13-16-12-4-2-7-15-14(12)17(13)11-6-9-21(18,19)10-11/h2,4,7,11H,3,5-6,8-10H2,1H3. The van der Waals surface area contributed by atoms with Gasteiger partial charge in [-0.1, -0.05) is 0 Å². The van der Waals surface area contributed by atoms with Gasteiger partial charge in [-0.05, 0) is 25.0 Å². The number of hydrogen-bond acceptors (Lipinski definition) is 5. The molecular weight excluding hydrogens is 290 g/mol. The highest BCUT2D eigenvalue weighted by Gasteiger charge is 2.31. The second-order valence-corrected chi connectivity index (χ2v) is 7.63. The van der Waals surface area contributed by atoms with E-state index < -0.39 is 9.84 Å². The molecule has 21 heavy (non-hydrogen) atoms. The van der Waals surface area contributed by atoms with E-state index in [9.17, 15) is 8.42 Å². The van der Waals surface area contributed by atoms with Gasteiger partial charge in [0.05, 0.1) is 17.5 Å². The molecule has 6 nitrogen and oxygen atoms in total. The van der Waals surface area contributed by atoms with E-state index in [1.165, 1.54) is 0 Å². The molecule has 114 valence electrons. The first kappa shape index (κ1) is 14.5. The van der Waals surface area contributed by atoms with Crippen LogP contribution >= 0.6 is 0 Å². The lowest BCUT2D eigenvalue weighted by Gasteiger charge is -2.14. The van der Waals surface area contributed by atoms with E-state index in [0.29, 0.717) is 13.0 Å². The predicted molar refractivity (Wildman–Crippen MR) is 80.0 cm³/mol. The Hall–Kier alpha value is -1.47. The maximum Gasteiger partial charge on any atom is 0.160 e. The van der Waals surface area contributed by atoms with E-state index >= 15 is 0 Å². The van der Waals surface area contributed by atoms with Crippen molar-refractivity contribution in [2.24, 2.45) is 0 Å². The summed E-state index contributed by atoms with van der Waals surface area (Å²) in [5.41, 5.74) is 1.61. The zero-order valence-corrected chi connectivity index (χ0v) is 12.8. The lowest BCUT2D eigenvalue weighted by atomic mass is 10.2. The van der Waals surface area contributed by atoms with E-state index in [1.54, 1.807) is 13.3 Å². The fourth-order valence-corrected chi connectivity index (χ4v) is 4.59. The number of methoxy groups -OCH3 is 1. The van der Waals surface area contributed by atoms with E-state index in [-0.39, 0.29) is 17.5 Å². The summed E-state index contributed by atoms with van der Waals surface area (Å²) in [6.07, 6.45) is 3.99. The van der Waals surface area contributed by atoms with Crippen molar-refractivity contribution in [3.05, 3.63) is 24.2 Å². The molecule has 1 saturated heterocycles. The number of aryl methyl sites for hydroxylation is 1. The third-order valence-corrected chi connectivity index (χ3v) is 5.59. The largest absolute Gasteiger partial charge is 0.385 e. The predicted octanol–water partition coefficient (Wildman–Crippen LogP) is 1.37. The Labute approximate surface area is 124 Å². The Morgan fingerprint density at radius 1 is 1.48 bits per heavy atom.